The van der Waals surface area contributed by atoms with E-state index in [9.17, 15) is 9.90 Å². The molecule has 1 saturated heterocycles. The molecule has 5 rings (SSSR count). The molecule has 7 heteroatoms. The van der Waals surface area contributed by atoms with Gasteiger partial charge in [-0.15, -0.1) is 11.3 Å². The van der Waals surface area contributed by atoms with Gasteiger partial charge in [-0.2, -0.15) is 0 Å². The lowest BCUT2D eigenvalue weighted by Gasteiger charge is -2.23. The average molecular weight is 396 g/mol. The molecule has 0 aliphatic carbocycles. The molecule has 0 spiro atoms. The summed E-state index contributed by atoms with van der Waals surface area (Å²) in [7, 11) is 0. The van der Waals surface area contributed by atoms with Crippen molar-refractivity contribution >= 4 is 27.5 Å². The molecule has 1 atom stereocenters. The minimum atomic E-state index is -0.359. The van der Waals surface area contributed by atoms with Gasteiger partial charge >= 0.3 is 0 Å². The van der Waals surface area contributed by atoms with Crippen LogP contribution in [0.4, 0.5) is 0 Å². The number of phenolic OH excluding ortho intramolecular Hbond substituents is 1. The largest absolute Gasteiger partial charge is 0.504 e. The number of aromatic hydroxyl groups is 1. The van der Waals surface area contributed by atoms with Crippen LogP contribution >= 0.6 is 11.3 Å². The van der Waals surface area contributed by atoms with Crippen molar-refractivity contribution < 1.29 is 19.4 Å². The maximum absolute atomic E-state index is 12.8. The quantitative estimate of drug-likeness (QED) is 0.717. The molecule has 6 nitrogen and oxygen atoms in total. The van der Waals surface area contributed by atoms with Crippen LogP contribution in [-0.2, 0) is 16.1 Å². The number of amides is 1. The monoisotopic (exact) mass is 396 g/mol. The normalized spacial score (nSPS) is 19.3. The molecule has 3 heterocycles. The molecule has 2 aliphatic heterocycles. The Morgan fingerprint density at radius 1 is 1.25 bits per heavy atom. The van der Waals surface area contributed by atoms with E-state index < -0.39 is 0 Å². The van der Waals surface area contributed by atoms with Gasteiger partial charge in [0.1, 0.15) is 17.7 Å². The maximum Gasteiger partial charge on any atom is 0.252 e. The molecular weight excluding hydrogens is 376 g/mol. The summed E-state index contributed by atoms with van der Waals surface area (Å²) in [6.45, 7) is 1.85. The van der Waals surface area contributed by atoms with Gasteiger partial charge in [0.15, 0.2) is 11.5 Å². The van der Waals surface area contributed by atoms with Crippen LogP contribution in [0.1, 0.15) is 18.4 Å². The second-order valence-corrected chi connectivity index (χ2v) is 8.11. The molecule has 2 aromatic carbocycles. The first-order valence-corrected chi connectivity index (χ1v) is 10.3. The molecular formula is C21H20N2O4S. The Labute approximate surface area is 166 Å². The average Bonchev–Trinajstić information content (AvgIpc) is 3.33. The topological polar surface area (TPSA) is 71.9 Å². The minimum absolute atomic E-state index is 0.00108. The molecule has 1 aromatic heterocycles. The van der Waals surface area contributed by atoms with E-state index >= 15 is 0 Å². The predicted molar refractivity (Wildman–Crippen MR) is 107 cm³/mol. The van der Waals surface area contributed by atoms with Gasteiger partial charge in [0.05, 0.1) is 16.8 Å². The molecule has 3 aromatic rings. The summed E-state index contributed by atoms with van der Waals surface area (Å²) in [5.41, 5.74) is 2.55. The van der Waals surface area contributed by atoms with Crippen LogP contribution in [0.2, 0.25) is 0 Å². The first-order valence-electron chi connectivity index (χ1n) is 9.44. The zero-order valence-corrected chi connectivity index (χ0v) is 16.1. The van der Waals surface area contributed by atoms with E-state index in [1.165, 1.54) is 0 Å². The van der Waals surface area contributed by atoms with Crippen molar-refractivity contribution in [1.29, 1.82) is 0 Å². The summed E-state index contributed by atoms with van der Waals surface area (Å²) >= 11 is 1.58. The predicted octanol–water partition coefficient (Wildman–Crippen LogP) is 3.57. The number of phenols is 1. The van der Waals surface area contributed by atoms with E-state index in [4.69, 9.17) is 9.47 Å². The number of carbonyl (C=O) groups is 1. The van der Waals surface area contributed by atoms with Gasteiger partial charge in [0, 0.05) is 24.3 Å². The molecule has 1 unspecified atom stereocenters. The van der Waals surface area contributed by atoms with Crippen molar-refractivity contribution in [3.63, 3.8) is 0 Å². The summed E-state index contributed by atoms with van der Waals surface area (Å²) in [5, 5.41) is 11.4. The number of hydrogen-bond acceptors (Lipinski definition) is 6. The lowest BCUT2D eigenvalue weighted by Crippen LogP contribution is -2.39. The molecule has 1 fully saturated rings. The highest BCUT2D eigenvalue weighted by Gasteiger charge is 2.30. The molecule has 0 bridgehead atoms. The molecule has 28 heavy (non-hydrogen) atoms. The number of carbonyl (C=O) groups excluding carboxylic acids is 1. The van der Waals surface area contributed by atoms with Crippen LogP contribution in [0, 0.1) is 0 Å². The Bertz CT molecular complexity index is 1010. The summed E-state index contributed by atoms with van der Waals surface area (Å²) in [5.74, 6) is 0.532. The number of nitrogens with zero attached hydrogens (tertiary/aromatic N) is 2. The summed E-state index contributed by atoms with van der Waals surface area (Å²) in [6.07, 6.45) is 1.32. The van der Waals surface area contributed by atoms with Crippen LogP contribution < -0.4 is 4.74 Å². The second-order valence-electron chi connectivity index (χ2n) is 7.08. The van der Waals surface area contributed by atoms with Crippen molar-refractivity contribution in [3.8, 4) is 22.1 Å². The third-order valence-electron chi connectivity index (χ3n) is 5.17. The van der Waals surface area contributed by atoms with Gasteiger partial charge in [-0.1, -0.05) is 12.1 Å². The fraction of sp³-hybridized carbons (Fsp3) is 0.333. The van der Waals surface area contributed by atoms with Crippen molar-refractivity contribution in [2.75, 3.05) is 19.8 Å². The lowest BCUT2D eigenvalue weighted by molar-refractivity contribution is -0.141. The fourth-order valence-electron chi connectivity index (χ4n) is 3.78. The van der Waals surface area contributed by atoms with Gasteiger partial charge in [-0.05, 0) is 37.1 Å². The number of aromatic nitrogens is 1. The number of ether oxygens (including phenoxy) is 2. The SMILES string of the molecule is O=C(C1CCCO1)N1CCOc2c(O)cc(-c3nc4ccccc4s3)cc2C1. The number of hydrogen-bond donors (Lipinski definition) is 1. The first kappa shape index (κ1) is 17.5. The summed E-state index contributed by atoms with van der Waals surface area (Å²) in [6, 6.07) is 11.6. The number of benzene rings is 2. The Balaban J connectivity index is 1.50. The summed E-state index contributed by atoms with van der Waals surface area (Å²) in [4.78, 5) is 19.2. The van der Waals surface area contributed by atoms with Gasteiger partial charge < -0.3 is 19.5 Å². The Hall–Kier alpha value is -2.64. The van der Waals surface area contributed by atoms with Crippen molar-refractivity contribution in [3.05, 3.63) is 42.0 Å². The fourth-order valence-corrected chi connectivity index (χ4v) is 4.74. The smallest absolute Gasteiger partial charge is 0.252 e. The van der Waals surface area contributed by atoms with Crippen LogP contribution in [-0.4, -0.2) is 46.8 Å². The van der Waals surface area contributed by atoms with E-state index in [-0.39, 0.29) is 17.8 Å². The Morgan fingerprint density at radius 3 is 2.96 bits per heavy atom. The number of para-hydroxylation sites is 1. The van der Waals surface area contributed by atoms with Gasteiger partial charge in [-0.25, -0.2) is 4.98 Å². The maximum atomic E-state index is 12.8. The van der Waals surface area contributed by atoms with Crippen LogP contribution in [0.5, 0.6) is 11.5 Å². The zero-order valence-electron chi connectivity index (χ0n) is 15.3. The van der Waals surface area contributed by atoms with Crippen LogP contribution in [0.3, 0.4) is 0 Å². The number of rotatable bonds is 2. The van der Waals surface area contributed by atoms with E-state index in [0.717, 1.165) is 39.2 Å². The molecule has 0 saturated carbocycles. The van der Waals surface area contributed by atoms with Gasteiger partial charge in [0.2, 0.25) is 0 Å². The highest BCUT2D eigenvalue weighted by atomic mass is 32.1. The van der Waals surface area contributed by atoms with Gasteiger partial charge in [0.25, 0.3) is 5.91 Å². The van der Waals surface area contributed by atoms with Gasteiger partial charge in [-0.3, -0.25) is 4.79 Å². The standard InChI is InChI=1S/C21H20N2O4S/c24-16-11-13(20-22-15-4-1-2-6-18(15)28-20)10-14-12-23(7-9-27-19(14)16)21(25)17-5-3-8-26-17/h1-2,4,6,10-11,17,24H,3,5,7-9,12H2. The van der Waals surface area contributed by atoms with Crippen molar-refractivity contribution in [1.82, 2.24) is 9.88 Å². The minimum Gasteiger partial charge on any atom is -0.504 e. The number of thiazole rings is 1. The molecule has 2 aliphatic rings. The van der Waals surface area contributed by atoms with E-state index in [1.54, 1.807) is 22.3 Å². The number of fused-ring (bicyclic) bond motifs is 2. The second kappa shape index (κ2) is 7.07. The highest BCUT2D eigenvalue weighted by Crippen LogP contribution is 2.39. The lowest BCUT2D eigenvalue weighted by atomic mass is 10.1. The highest BCUT2D eigenvalue weighted by molar-refractivity contribution is 7.21. The van der Waals surface area contributed by atoms with Crippen LogP contribution in [0.15, 0.2) is 36.4 Å². The third kappa shape index (κ3) is 3.10. The zero-order chi connectivity index (χ0) is 19.1. The molecule has 1 amide bonds. The molecule has 0 radical (unpaired) electrons. The summed E-state index contributed by atoms with van der Waals surface area (Å²) < 4.78 is 12.4. The van der Waals surface area contributed by atoms with E-state index in [1.807, 2.05) is 30.3 Å². The van der Waals surface area contributed by atoms with E-state index in [0.29, 0.717) is 32.1 Å². The Morgan fingerprint density at radius 2 is 2.14 bits per heavy atom. The molecule has 144 valence electrons. The van der Waals surface area contributed by atoms with E-state index in [2.05, 4.69) is 4.98 Å². The van der Waals surface area contributed by atoms with Crippen molar-refractivity contribution in [2.24, 2.45) is 0 Å². The van der Waals surface area contributed by atoms with Crippen LogP contribution in [0.25, 0.3) is 20.8 Å². The first-order chi connectivity index (χ1) is 13.7. The molecule has 1 N–H and O–H groups in total. The third-order valence-corrected chi connectivity index (χ3v) is 6.26. The Kier molecular flexibility index (Phi) is 4.41. The van der Waals surface area contributed by atoms with Crippen molar-refractivity contribution in [2.45, 2.75) is 25.5 Å².